The highest BCUT2D eigenvalue weighted by atomic mass is 19.3. The van der Waals surface area contributed by atoms with Gasteiger partial charge in [-0.3, -0.25) is 4.79 Å². The van der Waals surface area contributed by atoms with Crippen LogP contribution >= 0.6 is 0 Å². The molecule has 1 saturated heterocycles. The number of fused-ring (bicyclic) bond motifs is 2. The van der Waals surface area contributed by atoms with Gasteiger partial charge in [0.1, 0.15) is 11.4 Å². The molecule has 2 fully saturated rings. The van der Waals surface area contributed by atoms with Crippen molar-refractivity contribution >= 4 is 23.2 Å². The molecular formula is C25H24F3N7O2. The molecule has 2 aliphatic heterocycles. The summed E-state index contributed by atoms with van der Waals surface area (Å²) in [6.07, 6.45) is 4.23. The maximum atomic E-state index is 14.8. The van der Waals surface area contributed by atoms with E-state index in [2.05, 4.69) is 40.1 Å². The lowest BCUT2D eigenvalue weighted by atomic mass is 9.99. The summed E-state index contributed by atoms with van der Waals surface area (Å²) in [7, 11) is 2.03. The largest absolute Gasteiger partial charge is 0.415 e. The van der Waals surface area contributed by atoms with E-state index in [1.165, 1.54) is 6.20 Å². The zero-order valence-electron chi connectivity index (χ0n) is 20.0. The number of amides is 1. The van der Waals surface area contributed by atoms with Gasteiger partial charge < -0.3 is 25.2 Å². The highest BCUT2D eigenvalue weighted by molar-refractivity contribution is 6.01. The molecule has 0 unspecified atom stereocenters. The minimum atomic E-state index is -3.08. The minimum absolute atomic E-state index is 0.0237. The quantitative estimate of drug-likeness (QED) is 0.519. The van der Waals surface area contributed by atoms with Crippen LogP contribution in [0.3, 0.4) is 0 Å². The standard InChI is InChI=1S/C25H24F3N7O2/c1-34-6-8-35(9-7-34)15-11-19(22(29-12-15)37-23(27)28)31-24-30-13-18(26)20(32-24)14-2-3-17-16(10-14)21(36)33-25(17)4-5-25/h2-3,10-13,23H,4-9H2,1H3,(H,33,36)(H,30,31,32). The van der Waals surface area contributed by atoms with E-state index in [1.807, 2.05) is 13.1 Å². The van der Waals surface area contributed by atoms with Crippen molar-refractivity contribution in [2.75, 3.05) is 43.4 Å². The fraction of sp³-hybridized carbons (Fsp3) is 0.360. The molecule has 0 radical (unpaired) electrons. The molecule has 1 aromatic carbocycles. The summed E-state index contributed by atoms with van der Waals surface area (Å²) in [5.41, 5.74) is 2.35. The fourth-order valence-corrected chi connectivity index (χ4v) is 4.86. The number of benzene rings is 1. The van der Waals surface area contributed by atoms with Crippen LogP contribution in [0.25, 0.3) is 11.3 Å². The molecule has 2 aromatic heterocycles. The Morgan fingerprint density at radius 3 is 2.62 bits per heavy atom. The highest BCUT2D eigenvalue weighted by Gasteiger charge is 2.52. The summed E-state index contributed by atoms with van der Waals surface area (Å²) in [5, 5.41) is 5.86. The van der Waals surface area contributed by atoms with Crippen LogP contribution in [0.1, 0.15) is 28.8 Å². The number of carbonyl (C=O) groups is 1. The van der Waals surface area contributed by atoms with E-state index < -0.39 is 12.4 Å². The second-order valence-electron chi connectivity index (χ2n) is 9.53. The van der Waals surface area contributed by atoms with Crippen LogP contribution in [0.2, 0.25) is 0 Å². The first kappa shape index (κ1) is 23.5. The second kappa shape index (κ2) is 8.87. The topological polar surface area (TPSA) is 95.5 Å². The number of rotatable bonds is 6. The zero-order valence-corrected chi connectivity index (χ0v) is 20.0. The van der Waals surface area contributed by atoms with Crippen molar-refractivity contribution in [1.82, 2.24) is 25.2 Å². The van der Waals surface area contributed by atoms with Crippen molar-refractivity contribution in [2.45, 2.75) is 25.0 Å². The van der Waals surface area contributed by atoms with Crippen LogP contribution in [-0.4, -0.2) is 65.6 Å². The van der Waals surface area contributed by atoms with Gasteiger partial charge in [0.25, 0.3) is 5.91 Å². The summed E-state index contributed by atoms with van der Waals surface area (Å²) < 4.78 is 45.5. The molecule has 1 amide bonds. The number of anilines is 3. The van der Waals surface area contributed by atoms with Crippen molar-refractivity contribution in [3.05, 3.63) is 53.6 Å². The number of nitrogens with zero attached hydrogens (tertiary/aromatic N) is 5. The number of aromatic nitrogens is 3. The first-order chi connectivity index (χ1) is 17.8. The lowest BCUT2D eigenvalue weighted by Gasteiger charge is -2.34. The van der Waals surface area contributed by atoms with Gasteiger partial charge in [0.2, 0.25) is 11.8 Å². The smallest absolute Gasteiger partial charge is 0.388 e. The molecule has 0 atom stereocenters. The fourth-order valence-electron chi connectivity index (χ4n) is 4.86. The van der Waals surface area contributed by atoms with Crippen molar-refractivity contribution in [3.63, 3.8) is 0 Å². The van der Waals surface area contributed by atoms with E-state index in [9.17, 15) is 18.0 Å². The van der Waals surface area contributed by atoms with E-state index in [0.717, 1.165) is 56.5 Å². The molecule has 1 saturated carbocycles. The lowest BCUT2D eigenvalue weighted by Crippen LogP contribution is -2.44. The molecule has 2 N–H and O–H groups in total. The molecule has 37 heavy (non-hydrogen) atoms. The van der Waals surface area contributed by atoms with E-state index in [1.54, 1.807) is 18.2 Å². The number of hydrogen-bond acceptors (Lipinski definition) is 8. The van der Waals surface area contributed by atoms with Crippen LogP contribution in [0.5, 0.6) is 5.88 Å². The van der Waals surface area contributed by atoms with Crippen molar-refractivity contribution in [3.8, 4) is 17.1 Å². The number of pyridine rings is 1. The van der Waals surface area contributed by atoms with E-state index >= 15 is 0 Å². The Bertz CT molecular complexity index is 1370. The van der Waals surface area contributed by atoms with Gasteiger partial charge in [-0.1, -0.05) is 12.1 Å². The molecular weight excluding hydrogens is 487 g/mol. The van der Waals surface area contributed by atoms with E-state index in [4.69, 9.17) is 0 Å². The normalized spacial score (nSPS) is 18.2. The second-order valence-corrected chi connectivity index (χ2v) is 9.53. The predicted molar refractivity (Wildman–Crippen MR) is 130 cm³/mol. The number of alkyl halides is 2. The first-order valence-corrected chi connectivity index (χ1v) is 12.0. The molecule has 12 heteroatoms. The molecule has 9 nitrogen and oxygen atoms in total. The minimum Gasteiger partial charge on any atom is -0.415 e. The lowest BCUT2D eigenvalue weighted by molar-refractivity contribution is -0.0523. The maximum absolute atomic E-state index is 14.8. The van der Waals surface area contributed by atoms with Gasteiger partial charge >= 0.3 is 6.61 Å². The van der Waals surface area contributed by atoms with E-state index in [0.29, 0.717) is 11.1 Å². The van der Waals surface area contributed by atoms with Gasteiger partial charge in [-0.2, -0.15) is 8.78 Å². The van der Waals surface area contributed by atoms with Crippen molar-refractivity contribution < 1.29 is 22.7 Å². The third-order valence-corrected chi connectivity index (χ3v) is 7.05. The number of ether oxygens (including phenoxy) is 1. The maximum Gasteiger partial charge on any atom is 0.388 e. The van der Waals surface area contributed by atoms with Gasteiger partial charge in [0, 0.05) is 37.3 Å². The van der Waals surface area contributed by atoms with E-state index in [-0.39, 0.29) is 34.7 Å². The predicted octanol–water partition coefficient (Wildman–Crippen LogP) is 3.51. The average molecular weight is 512 g/mol. The summed E-state index contributed by atoms with van der Waals surface area (Å²) in [6, 6.07) is 6.79. The number of hydrogen-bond donors (Lipinski definition) is 2. The Hall–Kier alpha value is -3.93. The van der Waals surface area contributed by atoms with Gasteiger partial charge in [0.15, 0.2) is 5.82 Å². The third kappa shape index (κ3) is 4.41. The van der Waals surface area contributed by atoms with Crippen molar-refractivity contribution in [2.24, 2.45) is 0 Å². The molecule has 6 rings (SSSR count). The van der Waals surface area contributed by atoms with Crippen LogP contribution in [0.15, 0.2) is 36.7 Å². The molecule has 1 spiro atoms. The Balaban J connectivity index is 1.32. The van der Waals surface area contributed by atoms with Crippen LogP contribution in [0, 0.1) is 5.82 Å². The monoisotopic (exact) mass is 511 g/mol. The Labute approximate surface area is 210 Å². The molecule has 3 aromatic rings. The van der Waals surface area contributed by atoms with Crippen LogP contribution in [-0.2, 0) is 5.54 Å². The molecule has 3 aliphatic rings. The first-order valence-electron chi connectivity index (χ1n) is 12.0. The SMILES string of the molecule is CN1CCN(c2cnc(OC(F)F)c(Nc3ncc(F)c(-c4ccc5c(c4)C(=O)NC54CC4)n3)c2)CC1. The molecule has 0 bridgehead atoms. The van der Waals surface area contributed by atoms with Gasteiger partial charge in [-0.15, -0.1) is 0 Å². The number of likely N-dealkylation sites (N-methyl/N-ethyl adjacent to an activating group) is 1. The summed E-state index contributed by atoms with van der Waals surface area (Å²) in [6.45, 7) is 0.110. The summed E-state index contributed by atoms with van der Waals surface area (Å²) in [5.74, 6) is -1.23. The number of carbonyl (C=O) groups excluding carboxylic acids is 1. The van der Waals surface area contributed by atoms with Crippen molar-refractivity contribution in [1.29, 1.82) is 0 Å². The highest BCUT2D eigenvalue weighted by Crippen LogP contribution is 2.50. The van der Waals surface area contributed by atoms with Gasteiger partial charge in [-0.25, -0.2) is 19.3 Å². The van der Waals surface area contributed by atoms with Crippen LogP contribution in [0.4, 0.5) is 30.5 Å². The molecule has 192 valence electrons. The average Bonchev–Trinajstić information content (AvgIpc) is 3.60. The van der Waals surface area contributed by atoms with Crippen LogP contribution < -0.4 is 20.3 Å². The number of nitrogens with one attached hydrogen (secondary N) is 2. The van der Waals surface area contributed by atoms with Gasteiger partial charge in [0.05, 0.1) is 23.6 Å². The molecule has 4 heterocycles. The summed E-state index contributed by atoms with van der Waals surface area (Å²) >= 11 is 0. The number of piperazine rings is 1. The summed E-state index contributed by atoms with van der Waals surface area (Å²) in [4.78, 5) is 29.1. The Morgan fingerprint density at radius 1 is 1.11 bits per heavy atom. The van der Waals surface area contributed by atoms with Gasteiger partial charge in [-0.05, 0) is 37.6 Å². The third-order valence-electron chi connectivity index (χ3n) is 7.05. The Morgan fingerprint density at radius 2 is 1.89 bits per heavy atom. The Kier molecular flexibility index (Phi) is 5.63. The zero-order chi connectivity index (χ0) is 25.7. The molecule has 1 aliphatic carbocycles. The number of halogens is 3.